The predicted molar refractivity (Wildman–Crippen MR) is 78.4 cm³/mol. The minimum Gasteiger partial charge on any atom is -0.490 e. The number of rotatable bonds is 7. The molecule has 4 heteroatoms. The Bertz CT molecular complexity index is 380. The number of nitrogens with two attached hydrogens (primary N) is 1. The second-order valence-corrected chi connectivity index (χ2v) is 5.44. The zero-order valence-electron chi connectivity index (χ0n) is 11.3. The van der Waals surface area contributed by atoms with Crippen molar-refractivity contribution >= 4 is 15.9 Å². The number of hydrogen-bond acceptors (Lipinski definition) is 3. The first-order valence-electron chi connectivity index (χ1n) is 6.36. The standard InChI is InChI=1S/C14H22BrNO2/c1-4-17-13-8-11(5-6-16)7-12(15)14(13)18-9-10(2)3/h7-8,10H,4-6,9,16H2,1-3H3. The van der Waals surface area contributed by atoms with Crippen LogP contribution in [0.25, 0.3) is 0 Å². The lowest BCUT2D eigenvalue weighted by Gasteiger charge is -2.16. The topological polar surface area (TPSA) is 44.5 Å². The molecule has 1 aromatic rings. The van der Waals surface area contributed by atoms with E-state index in [-0.39, 0.29) is 0 Å². The van der Waals surface area contributed by atoms with Crippen LogP contribution in [0, 0.1) is 5.92 Å². The van der Waals surface area contributed by atoms with E-state index in [0.717, 1.165) is 28.0 Å². The molecule has 0 saturated carbocycles. The van der Waals surface area contributed by atoms with Gasteiger partial charge in [-0.3, -0.25) is 0 Å². The highest BCUT2D eigenvalue weighted by Gasteiger charge is 2.12. The van der Waals surface area contributed by atoms with Crippen molar-refractivity contribution in [3.63, 3.8) is 0 Å². The maximum atomic E-state index is 5.81. The number of halogens is 1. The molecule has 0 fully saturated rings. The Kier molecular flexibility index (Phi) is 6.50. The summed E-state index contributed by atoms with van der Waals surface area (Å²) < 4.78 is 12.4. The molecular weight excluding hydrogens is 294 g/mol. The van der Waals surface area contributed by atoms with Gasteiger partial charge < -0.3 is 15.2 Å². The summed E-state index contributed by atoms with van der Waals surface area (Å²) in [5, 5.41) is 0. The largest absolute Gasteiger partial charge is 0.490 e. The van der Waals surface area contributed by atoms with Gasteiger partial charge in [0.25, 0.3) is 0 Å². The third-order valence-corrected chi connectivity index (χ3v) is 2.95. The van der Waals surface area contributed by atoms with Crippen LogP contribution in [0.5, 0.6) is 11.5 Å². The van der Waals surface area contributed by atoms with Gasteiger partial charge in [-0.05, 0) is 59.4 Å². The van der Waals surface area contributed by atoms with Gasteiger partial charge in [-0.25, -0.2) is 0 Å². The molecule has 0 bridgehead atoms. The lowest BCUT2D eigenvalue weighted by molar-refractivity contribution is 0.246. The minimum absolute atomic E-state index is 0.482. The van der Waals surface area contributed by atoms with Crippen LogP contribution in [-0.4, -0.2) is 19.8 Å². The van der Waals surface area contributed by atoms with Crippen molar-refractivity contribution in [2.45, 2.75) is 27.2 Å². The SMILES string of the molecule is CCOc1cc(CCN)cc(Br)c1OCC(C)C. The summed E-state index contributed by atoms with van der Waals surface area (Å²) in [6, 6.07) is 4.06. The van der Waals surface area contributed by atoms with E-state index >= 15 is 0 Å². The first-order valence-corrected chi connectivity index (χ1v) is 7.15. The Hall–Kier alpha value is -0.740. The number of ether oxygens (including phenoxy) is 2. The lowest BCUT2D eigenvalue weighted by Crippen LogP contribution is -2.08. The molecule has 2 N–H and O–H groups in total. The fourth-order valence-electron chi connectivity index (χ4n) is 1.59. The second kappa shape index (κ2) is 7.64. The van der Waals surface area contributed by atoms with E-state index in [0.29, 0.717) is 25.7 Å². The molecule has 18 heavy (non-hydrogen) atoms. The molecule has 102 valence electrons. The van der Waals surface area contributed by atoms with Gasteiger partial charge in [0.2, 0.25) is 0 Å². The summed E-state index contributed by atoms with van der Waals surface area (Å²) in [7, 11) is 0. The minimum atomic E-state index is 0.482. The Morgan fingerprint density at radius 2 is 2.00 bits per heavy atom. The van der Waals surface area contributed by atoms with Crippen molar-refractivity contribution in [3.05, 3.63) is 22.2 Å². The van der Waals surface area contributed by atoms with Crippen molar-refractivity contribution in [2.75, 3.05) is 19.8 Å². The van der Waals surface area contributed by atoms with Crippen LogP contribution >= 0.6 is 15.9 Å². The highest BCUT2D eigenvalue weighted by molar-refractivity contribution is 9.10. The molecule has 1 rings (SSSR count). The zero-order chi connectivity index (χ0) is 13.5. The molecule has 0 amide bonds. The summed E-state index contributed by atoms with van der Waals surface area (Å²) in [4.78, 5) is 0. The fourth-order valence-corrected chi connectivity index (χ4v) is 2.19. The Balaban J connectivity index is 2.98. The first-order chi connectivity index (χ1) is 8.58. The molecule has 0 aliphatic rings. The molecule has 0 aliphatic carbocycles. The highest BCUT2D eigenvalue weighted by Crippen LogP contribution is 2.37. The normalized spacial score (nSPS) is 10.8. The van der Waals surface area contributed by atoms with Crippen molar-refractivity contribution in [1.29, 1.82) is 0 Å². The Morgan fingerprint density at radius 1 is 1.28 bits per heavy atom. The molecule has 0 radical (unpaired) electrons. The van der Waals surface area contributed by atoms with Gasteiger partial charge in [0.15, 0.2) is 11.5 Å². The maximum absolute atomic E-state index is 5.81. The van der Waals surface area contributed by atoms with E-state index in [1.807, 2.05) is 19.1 Å². The lowest BCUT2D eigenvalue weighted by atomic mass is 10.1. The van der Waals surface area contributed by atoms with Gasteiger partial charge in [-0.15, -0.1) is 0 Å². The van der Waals surface area contributed by atoms with E-state index in [2.05, 4.69) is 29.8 Å². The summed E-state index contributed by atoms with van der Waals surface area (Å²) in [5.74, 6) is 2.05. The summed E-state index contributed by atoms with van der Waals surface area (Å²) in [6.07, 6.45) is 0.836. The van der Waals surface area contributed by atoms with Crippen LogP contribution < -0.4 is 15.2 Å². The highest BCUT2D eigenvalue weighted by atomic mass is 79.9. The van der Waals surface area contributed by atoms with E-state index in [9.17, 15) is 0 Å². The maximum Gasteiger partial charge on any atom is 0.175 e. The molecule has 0 saturated heterocycles. The molecule has 0 aliphatic heterocycles. The summed E-state index contributed by atoms with van der Waals surface area (Å²) >= 11 is 3.54. The van der Waals surface area contributed by atoms with Gasteiger partial charge >= 0.3 is 0 Å². The quantitative estimate of drug-likeness (QED) is 0.839. The molecule has 0 atom stereocenters. The van der Waals surface area contributed by atoms with E-state index in [1.54, 1.807) is 0 Å². The predicted octanol–water partition coefficient (Wildman–Crippen LogP) is 3.38. The summed E-state index contributed by atoms with van der Waals surface area (Å²) in [6.45, 7) is 8.14. The van der Waals surface area contributed by atoms with E-state index in [1.165, 1.54) is 0 Å². The van der Waals surface area contributed by atoms with Gasteiger partial charge in [0.05, 0.1) is 17.7 Å². The molecular formula is C14H22BrNO2. The monoisotopic (exact) mass is 315 g/mol. The third kappa shape index (κ3) is 4.50. The number of benzene rings is 1. The molecule has 3 nitrogen and oxygen atoms in total. The van der Waals surface area contributed by atoms with Crippen molar-refractivity contribution in [3.8, 4) is 11.5 Å². The number of hydrogen-bond donors (Lipinski definition) is 1. The van der Waals surface area contributed by atoms with Gasteiger partial charge in [0, 0.05) is 0 Å². The smallest absolute Gasteiger partial charge is 0.175 e. The molecule has 0 unspecified atom stereocenters. The average Bonchev–Trinajstić information content (AvgIpc) is 2.28. The van der Waals surface area contributed by atoms with E-state index in [4.69, 9.17) is 15.2 Å². The molecule has 0 aromatic heterocycles. The van der Waals surface area contributed by atoms with Crippen LogP contribution in [-0.2, 0) is 6.42 Å². The van der Waals surface area contributed by atoms with Crippen LogP contribution in [0.3, 0.4) is 0 Å². The van der Waals surface area contributed by atoms with Crippen molar-refractivity contribution in [2.24, 2.45) is 11.7 Å². The Morgan fingerprint density at radius 3 is 2.56 bits per heavy atom. The zero-order valence-corrected chi connectivity index (χ0v) is 12.9. The molecule has 1 aromatic carbocycles. The first kappa shape index (κ1) is 15.3. The van der Waals surface area contributed by atoms with E-state index < -0.39 is 0 Å². The van der Waals surface area contributed by atoms with Gasteiger partial charge in [-0.1, -0.05) is 13.8 Å². The third-order valence-electron chi connectivity index (χ3n) is 2.36. The van der Waals surface area contributed by atoms with Crippen LogP contribution in [0.15, 0.2) is 16.6 Å². The average molecular weight is 316 g/mol. The van der Waals surface area contributed by atoms with Gasteiger partial charge in [0.1, 0.15) is 0 Å². The van der Waals surface area contributed by atoms with Crippen molar-refractivity contribution in [1.82, 2.24) is 0 Å². The van der Waals surface area contributed by atoms with Gasteiger partial charge in [-0.2, -0.15) is 0 Å². The van der Waals surface area contributed by atoms with Crippen molar-refractivity contribution < 1.29 is 9.47 Å². The molecule has 0 heterocycles. The summed E-state index contributed by atoms with van der Waals surface area (Å²) in [5.41, 5.74) is 6.74. The van der Waals surface area contributed by atoms with Crippen LogP contribution in [0.2, 0.25) is 0 Å². The second-order valence-electron chi connectivity index (χ2n) is 4.58. The fraction of sp³-hybridized carbons (Fsp3) is 0.571. The Labute approximate surface area is 118 Å². The van der Waals surface area contributed by atoms with Crippen LogP contribution in [0.4, 0.5) is 0 Å². The molecule has 0 spiro atoms. The van der Waals surface area contributed by atoms with Crippen LogP contribution in [0.1, 0.15) is 26.3 Å².